The summed E-state index contributed by atoms with van der Waals surface area (Å²) in [6, 6.07) is 7.05. The van der Waals surface area contributed by atoms with Crippen LogP contribution in [-0.2, 0) is 14.3 Å². The number of carbonyl (C=O) groups is 2. The van der Waals surface area contributed by atoms with Gasteiger partial charge in [0.2, 0.25) is 11.8 Å². The van der Waals surface area contributed by atoms with Crippen molar-refractivity contribution >= 4 is 17.9 Å². The van der Waals surface area contributed by atoms with E-state index < -0.39 is 23.9 Å². The van der Waals surface area contributed by atoms with E-state index in [1.807, 2.05) is 12.1 Å². The summed E-state index contributed by atoms with van der Waals surface area (Å²) in [6.07, 6.45) is 4.41. The van der Waals surface area contributed by atoms with Crippen molar-refractivity contribution in [1.29, 1.82) is 0 Å². The summed E-state index contributed by atoms with van der Waals surface area (Å²) < 4.78 is 5.35. The minimum atomic E-state index is -0.855. The first-order valence-corrected chi connectivity index (χ1v) is 11.6. The summed E-state index contributed by atoms with van der Waals surface area (Å²) >= 11 is 0. The van der Waals surface area contributed by atoms with Crippen LogP contribution in [0.1, 0.15) is 44.6 Å². The van der Waals surface area contributed by atoms with Crippen LogP contribution in [0, 0.1) is 17.8 Å². The average molecular weight is 458 g/mol. The fraction of sp³-hybridized carbons (Fsp3) is 0.538. The number of amides is 2. The lowest BCUT2D eigenvalue weighted by molar-refractivity contribution is -0.138. The van der Waals surface area contributed by atoms with Crippen molar-refractivity contribution in [3.05, 3.63) is 46.5 Å². The molecule has 0 unspecified atom stereocenters. The summed E-state index contributed by atoms with van der Waals surface area (Å²) in [5.74, 6) is -2.07. The number of phenolic OH excluding ortho intramolecular Hbond substituents is 1. The van der Waals surface area contributed by atoms with Gasteiger partial charge in [-0.05, 0) is 54.5 Å². The highest BCUT2D eigenvalue weighted by Crippen LogP contribution is 2.46. The number of aliphatic hydroxyl groups excluding tert-OH is 2. The van der Waals surface area contributed by atoms with Gasteiger partial charge >= 0.3 is 0 Å². The Morgan fingerprint density at radius 2 is 2.03 bits per heavy atom. The van der Waals surface area contributed by atoms with E-state index in [1.54, 1.807) is 25.3 Å². The van der Waals surface area contributed by atoms with Gasteiger partial charge in [-0.2, -0.15) is 0 Å². The molecule has 0 radical (unpaired) electrons. The predicted octanol–water partition coefficient (Wildman–Crippen LogP) is 2.90. The Morgan fingerprint density at radius 1 is 1.27 bits per heavy atom. The number of carbonyl (C=O) groups excluding carboxylic acids is 2. The van der Waals surface area contributed by atoms with Crippen molar-refractivity contribution in [2.24, 2.45) is 17.8 Å². The van der Waals surface area contributed by atoms with Gasteiger partial charge in [-0.25, -0.2) is 0 Å². The first kappa shape index (κ1) is 25.1. The van der Waals surface area contributed by atoms with Gasteiger partial charge in [0.1, 0.15) is 5.75 Å². The van der Waals surface area contributed by atoms with E-state index in [4.69, 9.17) is 4.74 Å². The molecule has 0 saturated carbocycles. The number of likely N-dealkylation sites (tertiary alicyclic amines) is 1. The Labute approximate surface area is 195 Å². The average Bonchev–Trinajstić information content (AvgIpc) is 3.00. The number of allylic oxidation sites excluding steroid dienone is 1. The van der Waals surface area contributed by atoms with Gasteiger partial charge in [0.05, 0.1) is 31.2 Å². The molecule has 0 bridgehead atoms. The van der Waals surface area contributed by atoms with Gasteiger partial charge in [0.15, 0.2) is 0 Å². The molecule has 1 aromatic rings. The third-order valence-corrected chi connectivity index (χ3v) is 6.83. The smallest absolute Gasteiger partial charge is 0.233 e. The van der Waals surface area contributed by atoms with Crippen LogP contribution in [0.15, 0.2) is 41.0 Å². The molecule has 33 heavy (non-hydrogen) atoms. The van der Waals surface area contributed by atoms with E-state index in [-0.39, 0.29) is 30.8 Å². The minimum Gasteiger partial charge on any atom is -0.508 e. The molecule has 4 atom stereocenters. The summed E-state index contributed by atoms with van der Waals surface area (Å²) in [4.78, 5) is 26.5. The van der Waals surface area contributed by atoms with Crippen LogP contribution >= 0.6 is 0 Å². The molecule has 1 aromatic carbocycles. The van der Waals surface area contributed by atoms with Crippen LogP contribution in [0.25, 0.3) is 6.08 Å². The second-order valence-corrected chi connectivity index (χ2v) is 9.05. The third kappa shape index (κ3) is 5.37. The number of hydrogen-bond acceptors (Lipinski definition) is 6. The molecule has 1 aliphatic carbocycles. The van der Waals surface area contributed by atoms with Crippen molar-refractivity contribution in [2.45, 2.75) is 45.1 Å². The maximum absolute atomic E-state index is 12.8. The Kier molecular flexibility index (Phi) is 8.46. The topological polar surface area (TPSA) is 107 Å². The van der Waals surface area contributed by atoms with E-state index in [1.165, 1.54) is 7.05 Å². The van der Waals surface area contributed by atoms with Crippen LogP contribution in [0.3, 0.4) is 0 Å². The number of nitrogens with zero attached hydrogens (tertiary/aromatic N) is 1. The number of aliphatic hydroxyl groups is 2. The Bertz CT molecular complexity index is 936. The van der Waals surface area contributed by atoms with E-state index in [2.05, 4.69) is 6.92 Å². The first-order valence-electron chi connectivity index (χ1n) is 11.6. The van der Waals surface area contributed by atoms with Gasteiger partial charge in [-0.1, -0.05) is 37.1 Å². The predicted molar refractivity (Wildman–Crippen MR) is 125 cm³/mol. The molecular weight excluding hydrogens is 422 g/mol. The highest BCUT2D eigenvalue weighted by molar-refractivity contribution is 6.05. The van der Waals surface area contributed by atoms with Crippen LogP contribution in [0.2, 0.25) is 0 Å². The number of fused-ring (bicyclic) bond motifs is 1. The fourth-order valence-corrected chi connectivity index (χ4v) is 5.34. The van der Waals surface area contributed by atoms with E-state index in [0.717, 1.165) is 34.5 Å². The minimum absolute atomic E-state index is 0.206. The quantitative estimate of drug-likeness (QED) is 0.368. The molecule has 7 nitrogen and oxygen atoms in total. The van der Waals surface area contributed by atoms with Crippen molar-refractivity contribution in [3.8, 4) is 5.75 Å². The van der Waals surface area contributed by atoms with Gasteiger partial charge in [-0.3, -0.25) is 14.5 Å². The van der Waals surface area contributed by atoms with E-state index in [0.29, 0.717) is 24.8 Å². The van der Waals surface area contributed by atoms with Gasteiger partial charge in [-0.15, -0.1) is 0 Å². The fourth-order valence-electron chi connectivity index (χ4n) is 5.34. The van der Waals surface area contributed by atoms with Crippen LogP contribution in [0.4, 0.5) is 0 Å². The maximum Gasteiger partial charge on any atom is 0.233 e. The van der Waals surface area contributed by atoms with Crippen molar-refractivity contribution in [2.75, 3.05) is 27.4 Å². The van der Waals surface area contributed by atoms with Crippen molar-refractivity contribution < 1.29 is 29.6 Å². The molecule has 3 rings (SSSR count). The van der Waals surface area contributed by atoms with Crippen LogP contribution in [0.5, 0.6) is 5.75 Å². The molecule has 0 aromatic heterocycles. The molecule has 2 amide bonds. The SMILES string of the molecule is CCC/C(=C\c1cccc(O)c1)CC[C@@H](O)C1=C(COC)C[C@H]2C(=O)N(C)C(=O)[C@H]2[C@H]1CO. The normalized spacial score (nSPS) is 24.5. The highest BCUT2D eigenvalue weighted by Gasteiger charge is 2.53. The number of aromatic hydroxyl groups is 1. The number of methoxy groups -OCH3 is 1. The largest absolute Gasteiger partial charge is 0.508 e. The van der Waals surface area contributed by atoms with Crippen LogP contribution in [-0.4, -0.2) is 65.5 Å². The number of hydrogen-bond donors (Lipinski definition) is 3. The van der Waals surface area contributed by atoms with Crippen LogP contribution < -0.4 is 0 Å². The molecular formula is C26H35NO6. The zero-order valence-electron chi connectivity index (χ0n) is 19.7. The monoisotopic (exact) mass is 457 g/mol. The second-order valence-electron chi connectivity index (χ2n) is 9.05. The molecule has 2 aliphatic rings. The summed E-state index contributed by atoms with van der Waals surface area (Å²) in [6.45, 7) is 2.03. The molecule has 1 saturated heterocycles. The maximum atomic E-state index is 12.8. The molecule has 3 N–H and O–H groups in total. The Hall–Kier alpha value is -2.48. The van der Waals surface area contributed by atoms with Crippen molar-refractivity contribution in [3.63, 3.8) is 0 Å². The van der Waals surface area contributed by atoms with Gasteiger partial charge in [0.25, 0.3) is 0 Å². The number of benzene rings is 1. The second kappa shape index (κ2) is 11.1. The zero-order chi connectivity index (χ0) is 24.1. The number of rotatable bonds is 10. The molecule has 7 heteroatoms. The number of imide groups is 1. The third-order valence-electron chi connectivity index (χ3n) is 6.83. The lowest BCUT2D eigenvalue weighted by Crippen LogP contribution is -2.39. The van der Waals surface area contributed by atoms with Gasteiger partial charge < -0.3 is 20.1 Å². The standard InChI is InChI=1S/C26H35NO6/c1-4-6-16(11-17-7-5-8-19(29)12-17)9-10-22(30)23-18(15-33-3)13-20-24(21(23)14-28)26(32)27(2)25(20)31/h5,7-8,11-12,20-22,24,28-30H,4,6,9-10,13-15H2,1-3H3/b16-11+/t20-,21+,22-,24-/m1/s1. The summed E-state index contributed by atoms with van der Waals surface area (Å²) in [5.41, 5.74) is 3.50. The molecule has 180 valence electrons. The van der Waals surface area contributed by atoms with E-state index >= 15 is 0 Å². The summed E-state index contributed by atoms with van der Waals surface area (Å²) in [7, 11) is 3.04. The zero-order valence-corrected chi connectivity index (χ0v) is 19.7. The van der Waals surface area contributed by atoms with E-state index in [9.17, 15) is 24.9 Å². The molecule has 1 heterocycles. The number of ether oxygens (including phenoxy) is 1. The summed E-state index contributed by atoms with van der Waals surface area (Å²) in [5, 5.41) is 31.2. The molecule has 0 spiro atoms. The molecule has 1 fully saturated rings. The Balaban J connectivity index is 1.85. The highest BCUT2D eigenvalue weighted by atomic mass is 16.5. The van der Waals surface area contributed by atoms with Crippen molar-refractivity contribution in [1.82, 2.24) is 4.90 Å². The first-order chi connectivity index (χ1) is 15.8. The molecule has 1 aliphatic heterocycles. The van der Waals surface area contributed by atoms with Gasteiger partial charge in [0, 0.05) is 20.1 Å². The Morgan fingerprint density at radius 3 is 2.67 bits per heavy atom. The lowest BCUT2D eigenvalue weighted by atomic mass is 9.68. The number of phenols is 1. The lowest BCUT2D eigenvalue weighted by Gasteiger charge is -2.36.